The normalized spacial score (nSPS) is 11.2. The molecule has 0 fully saturated rings. The largest absolute Gasteiger partial charge is 0.457 e. The van der Waals surface area contributed by atoms with Gasteiger partial charge in [0, 0.05) is 24.1 Å². The molecule has 1 heterocycles. The number of hydrogen-bond donors (Lipinski definition) is 0. The molecule has 0 amide bonds. The molecular weight excluding hydrogens is 560 g/mol. The van der Waals surface area contributed by atoms with Crippen LogP contribution in [0, 0.1) is 0 Å². The molecule has 204 valence electrons. The van der Waals surface area contributed by atoms with E-state index >= 15 is 0 Å². The summed E-state index contributed by atoms with van der Waals surface area (Å²) in [6.45, 7) is 3.42. The molecule has 5 aromatic rings. The van der Waals surface area contributed by atoms with Gasteiger partial charge in [-0.25, -0.2) is 0 Å². The Hall–Kier alpha value is -3.74. The first-order valence-electron chi connectivity index (χ1n) is 13.9. The highest BCUT2D eigenvalue weighted by atomic mass is 79.9. The van der Waals surface area contributed by atoms with Crippen LogP contribution < -0.4 is 4.74 Å². The summed E-state index contributed by atoms with van der Waals surface area (Å²) >= 11 is 3.54. The molecule has 40 heavy (non-hydrogen) atoms. The molecule has 0 saturated carbocycles. The van der Waals surface area contributed by atoms with Gasteiger partial charge in [-0.15, -0.1) is 10.2 Å². The van der Waals surface area contributed by atoms with Crippen LogP contribution in [0.25, 0.3) is 0 Å². The van der Waals surface area contributed by atoms with Gasteiger partial charge in [-0.2, -0.15) is 0 Å². The van der Waals surface area contributed by atoms with Crippen LogP contribution in [0.2, 0.25) is 0 Å². The molecular formula is C34H35BrN4O. The molecule has 0 bridgehead atoms. The maximum Gasteiger partial charge on any atom is 0.147 e. The fourth-order valence-electron chi connectivity index (χ4n) is 4.74. The van der Waals surface area contributed by atoms with Gasteiger partial charge in [0.15, 0.2) is 0 Å². The van der Waals surface area contributed by atoms with Crippen molar-refractivity contribution in [3.63, 3.8) is 0 Å². The summed E-state index contributed by atoms with van der Waals surface area (Å²) < 4.78 is 9.31. The maximum absolute atomic E-state index is 5.99. The summed E-state index contributed by atoms with van der Waals surface area (Å²) in [5.41, 5.74) is 3.96. The standard InChI is InChI=1S/C34H35BrN4O/c35-31-18-14-29(15-19-31)22-24-38(25-30-16-20-33(21-17-30)40-32-12-5-2-6-13-32)26-34-37-36-27-39(34)23-8-7-11-28-9-3-1-4-10-28/h1-6,9-10,12-21,27H,7-8,11,22-26H2. The Morgan fingerprint density at radius 3 is 2.05 bits per heavy atom. The summed E-state index contributed by atoms with van der Waals surface area (Å²) in [4.78, 5) is 2.46. The Kier molecular flexibility index (Phi) is 10.1. The Bertz CT molecular complexity index is 1420. The lowest BCUT2D eigenvalue weighted by atomic mass is 10.1. The number of ether oxygens (including phenoxy) is 1. The predicted molar refractivity (Wildman–Crippen MR) is 164 cm³/mol. The van der Waals surface area contributed by atoms with Gasteiger partial charge in [-0.3, -0.25) is 4.90 Å². The third-order valence-electron chi connectivity index (χ3n) is 6.96. The number of rotatable bonds is 14. The molecule has 0 radical (unpaired) electrons. The van der Waals surface area contributed by atoms with Gasteiger partial charge in [0.1, 0.15) is 23.7 Å². The topological polar surface area (TPSA) is 43.2 Å². The van der Waals surface area contributed by atoms with Crippen LogP contribution in [0.4, 0.5) is 0 Å². The van der Waals surface area contributed by atoms with Crippen molar-refractivity contribution in [2.45, 2.75) is 45.3 Å². The van der Waals surface area contributed by atoms with E-state index in [1.807, 2.05) is 48.8 Å². The number of benzene rings is 4. The van der Waals surface area contributed by atoms with Crippen LogP contribution in [0.5, 0.6) is 11.5 Å². The van der Waals surface area contributed by atoms with Gasteiger partial charge < -0.3 is 9.30 Å². The zero-order valence-corrected chi connectivity index (χ0v) is 24.3. The Balaban J connectivity index is 1.22. The number of unbranched alkanes of at least 4 members (excludes halogenated alkanes) is 1. The van der Waals surface area contributed by atoms with Crippen LogP contribution >= 0.6 is 15.9 Å². The molecule has 5 rings (SSSR count). The summed E-state index contributed by atoms with van der Waals surface area (Å²) in [5, 5.41) is 8.77. The van der Waals surface area contributed by atoms with Gasteiger partial charge in [-0.1, -0.05) is 88.7 Å². The van der Waals surface area contributed by atoms with Crippen molar-refractivity contribution in [1.29, 1.82) is 0 Å². The minimum absolute atomic E-state index is 0.748. The van der Waals surface area contributed by atoms with Gasteiger partial charge >= 0.3 is 0 Å². The third-order valence-corrected chi connectivity index (χ3v) is 7.49. The van der Waals surface area contributed by atoms with Crippen LogP contribution in [-0.2, 0) is 32.5 Å². The molecule has 1 aromatic heterocycles. The van der Waals surface area contributed by atoms with Crippen molar-refractivity contribution in [2.75, 3.05) is 6.54 Å². The molecule has 0 N–H and O–H groups in total. The van der Waals surface area contributed by atoms with Crippen LogP contribution in [0.3, 0.4) is 0 Å². The van der Waals surface area contributed by atoms with E-state index in [1.54, 1.807) is 0 Å². The average molecular weight is 596 g/mol. The lowest BCUT2D eigenvalue weighted by Gasteiger charge is -2.22. The molecule has 5 nitrogen and oxygen atoms in total. The summed E-state index contributed by atoms with van der Waals surface area (Å²) in [5.74, 6) is 2.70. The van der Waals surface area contributed by atoms with Crippen molar-refractivity contribution >= 4 is 15.9 Å². The summed E-state index contributed by atoms with van der Waals surface area (Å²) in [7, 11) is 0. The van der Waals surface area contributed by atoms with Crippen molar-refractivity contribution in [1.82, 2.24) is 19.7 Å². The summed E-state index contributed by atoms with van der Waals surface area (Å²) in [6.07, 6.45) is 6.18. The fourth-order valence-corrected chi connectivity index (χ4v) is 5.01. The first-order chi connectivity index (χ1) is 19.7. The minimum atomic E-state index is 0.748. The Morgan fingerprint density at radius 1 is 0.650 bits per heavy atom. The number of aromatic nitrogens is 3. The highest BCUT2D eigenvalue weighted by molar-refractivity contribution is 9.10. The molecule has 6 heteroatoms. The van der Waals surface area contributed by atoms with E-state index in [2.05, 4.69) is 102 Å². The van der Waals surface area contributed by atoms with Gasteiger partial charge in [0.2, 0.25) is 0 Å². The Morgan fingerprint density at radius 2 is 1.30 bits per heavy atom. The second-order valence-electron chi connectivity index (χ2n) is 10.0. The number of hydrogen-bond acceptors (Lipinski definition) is 4. The van der Waals surface area contributed by atoms with Gasteiger partial charge in [-0.05, 0) is 78.8 Å². The first-order valence-corrected chi connectivity index (χ1v) is 14.7. The molecule has 4 aromatic carbocycles. The van der Waals surface area contributed by atoms with Crippen molar-refractivity contribution < 1.29 is 4.74 Å². The SMILES string of the molecule is Brc1ccc(CCN(Cc2ccc(Oc3ccccc3)cc2)Cc2nncn2CCCCc2ccccc2)cc1. The number of aryl methyl sites for hydroxylation is 2. The van der Waals surface area contributed by atoms with Crippen LogP contribution in [0.1, 0.15) is 35.4 Å². The third kappa shape index (κ3) is 8.63. The monoisotopic (exact) mass is 594 g/mol. The van der Waals surface area contributed by atoms with Crippen molar-refractivity contribution in [3.8, 4) is 11.5 Å². The van der Waals surface area contributed by atoms with Crippen LogP contribution in [-0.4, -0.2) is 26.2 Å². The van der Waals surface area contributed by atoms with Crippen LogP contribution in [0.15, 0.2) is 120 Å². The highest BCUT2D eigenvalue weighted by Crippen LogP contribution is 2.22. The second kappa shape index (κ2) is 14.6. The van der Waals surface area contributed by atoms with E-state index in [-0.39, 0.29) is 0 Å². The zero-order valence-electron chi connectivity index (χ0n) is 22.7. The van der Waals surface area contributed by atoms with Gasteiger partial charge in [0.25, 0.3) is 0 Å². The van der Waals surface area contributed by atoms with E-state index in [1.165, 1.54) is 16.7 Å². The maximum atomic E-state index is 5.99. The first kappa shape index (κ1) is 27.8. The van der Waals surface area contributed by atoms with E-state index in [0.717, 1.165) is 73.7 Å². The van der Waals surface area contributed by atoms with E-state index in [4.69, 9.17) is 4.74 Å². The predicted octanol–water partition coefficient (Wildman–Crippen LogP) is 8.10. The molecule has 0 atom stereocenters. The van der Waals surface area contributed by atoms with Crippen molar-refractivity contribution in [3.05, 3.63) is 143 Å². The second-order valence-corrected chi connectivity index (χ2v) is 10.9. The molecule has 0 aliphatic carbocycles. The number of halogens is 1. The van der Waals surface area contributed by atoms with E-state index in [0.29, 0.717) is 0 Å². The number of para-hydroxylation sites is 1. The average Bonchev–Trinajstić information content (AvgIpc) is 3.43. The molecule has 0 spiro atoms. The lowest BCUT2D eigenvalue weighted by molar-refractivity contribution is 0.249. The Labute approximate surface area is 245 Å². The minimum Gasteiger partial charge on any atom is -0.457 e. The number of nitrogens with zero attached hydrogens (tertiary/aromatic N) is 4. The van der Waals surface area contributed by atoms with E-state index in [9.17, 15) is 0 Å². The zero-order chi connectivity index (χ0) is 27.4. The van der Waals surface area contributed by atoms with Gasteiger partial charge in [0.05, 0.1) is 6.54 Å². The summed E-state index contributed by atoms with van der Waals surface area (Å²) in [6, 6.07) is 37.6. The quantitative estimate of drug-likeness (QED) is 0.122. The fraction of sp³-hybridized carbons (Fsp3) is 0.235. The lowest BCUT2D eigenvalue weighted by Crippen LogP contribution is -2.27. The molecule has 0 aliphatic heterocycles. The van der Waals surface area contributed by atoms with Crippen molar-refractivity contribution in [2.24, 2.45) is 0 Å². The highest BCUT2D eigenvalue weighted by Gasteiger charge is 2.13. The molecule has 0 saturated heterocycles. The molecule has 0 aliphatic rings. The van der Waals surface area contributed by atoms with E-state index < -0.39 is 0 Å². The molecule has 0 unspecified atom stereocenters. The smallest absolute Gasteiger partial charge is 0.147 e.